The van der Waals surface area contributed by atoms with Crippen molar-refractivity contribution in [3.05, 3.63) is 11.7 Å². The van der Waals surface area contributed by atoms with Gasteiger partial charge in [0.05, 0.1) is 5.41 Å². The van der Waals surface area contributed by atoms with Gasteiger partial charge in [-0.05, 0) is 43.9 Å². The van der Waals surface area contributed by atoms with E-state index in [0.717, 1.165) is 11.7 Å². The summed E-state index contributed by atoms with van der Waals surface area (Å²) >= 11 is 0. The number of carboxylic acid groups (broad SMARTS) is 1. The molecule has 5 nitrogen and oxygen atoms in total. The molecule has 0 spiro atoms. The summed E-state index contributed by atoms with van der Waals surface area (Å²) in [6.45, 7) is 5.59. The van der Waals surface area contributed by atoms with Crippen molar-refractivity contribution in [2.75, 3.05) is 0 Å². The van der Waals surface area contributed by atoms with E-state index in [1.54, 1.807) is 6.92 Å². The standard InChI is InChI=1S/C16H24N2O3/c1-9(2)16(3,15(19)20)8-13-17-14(18-21-13)12-7-10-4-5-11(12)6-10/h9-12H,4-8H2,1-3H3,(H,19,20). The van der Waals surface area contributed by atoms with Gasteiger partial charge in [-0.25, -0.2) is 0 Å². The number of aromatic nitrogens is 2. The van der Waals surface area contributed by atoms with Gasteiger partial charge in [-0.1, -0.05) is 25.4 Å². The Morgan fingerprint density at radius 3 is 2.71 bits per heavy atom. The van der Waals surface area contributed by atoms with Gasteiger partial charge in [-0.3, -0.25) is 4.79 Å². The molecule has 0 radical (unpaired) electrons. The highest BCUT2D eigenvalue weighted by Crippen LogP contribution is 2.52. The van der Waals surface area contributed by atoms with Crippen LogP contribution in [0.1, 0.15) is 64.1 Å². The maximum atomic E-state index is 11.5. The van der Waals surface area contributed by atoms with E-state index in [4.69, 9.17) is 4.52 Å². The molecule has 21 heavy (non-hydrogen) atoms. The summed E-state index contributed by atoms with van der Waals surface area (Å²) in [5, 5.41) is 13.6. The lowest BCUT2D eigenvalue weighted by Gasteiger charge is -2.27. The maximum Gasteiger partial charge on any atom is 0.310 e. The molecule has 1 N–H and O–H groups in total. The molecule has 0 aliphatic heterocycles. The Bertz CT molecular complexity index is 539. The van der Waals surface area contributed by atoms with Crippen LogP contribution in [0.15, 0.2) is 4.52 Å². The first-order valence-electron chi connectivity index (χ1n) is 7.96. The van der Waals surface area contributed by atoms with Crippen molar-refractivity contribution in [2.24, 2.45) is 23.2 Å². The van der Waals surface area contributed by atoms with Crippen LogP contribution in [0.2, 0.25) is 0 Å². The van der Waals surface area contributed by atoms with E-state index in [0.29, 0.717) is 24.1 Å². The van der Waals surface area contributed by atoms with Crippen LogP contribution >= 0.6 is 0 Å². The first kappa shape index (κ1) is 14.5. The molecule has 2 saturated carbocycles. The third-order valence-electron chi connectivity index (χ3n) is 5.83. The van der Waals surface area contributed by atoms with Gasteiger partial charge in [0.1, 0.15) is 0 Å². The van der Waals surface area contributed by atoms with Gasteiger partial charge in [-0.2, -0.15) is 4.98 Å². The zero-order valence-corrected chi connectivity index (χ0v) is 13.0. The van der Waals surface area contributed by atoms with Crippen LogP contribution < -0.4 is 0 Å². The number of rotatable bonds is 5. The van der Waals surface area contributed by atoms with Gasteiger partial charge in [0.25, 0.3) is 0 Å². The second-order valence-electron chi connectivity index (χ2n) is 7.38. The van der Waals surface area contributed by atoms with E-state index in [1.807, 2.05) is 13.8 Å². The number of hydrogen-bond donors (Lipinski definition) is 1. The van der Waals surface area contributed by atoms with Crippen molar-refractivity contribution in [3.8, 4) is 0 Å². The quantitative estimate of drug-likeness (QED) is 0.901. The average molecular weight is 292 g/mol. The molecule has 0 saturated heterocycles. The number of fused-ring (bicyclic) bond motifs is 2. The summed E-state index contributed by atoms with van der Waals surface area (Å²) in [6.07, 6.45) is 5.39. The highest BCUT2D eigenvalue weighted by atomic mass is 16.5. The molecule has 4 unspecified atom stereocenters. The first-order chi connectivity index (χ1) is 9.90. The summed E-state index contributed by atoms with van der Waals surface area (Å²) in [4.78, 5) is 16.1. The Kier molecular flexibility index (Phi) is 3.54. The molecular formula is C16H24N2O3. The topological polar surface area (TPSA) is 76.2 Å². The normalized spacial score (nSPS) is 30.8. The minimum absolute atomic E-state index is 0.00726. The van der Waals surface area contributed by atoms with Crippen molar-refractivity contribution in [2.45, 2.75) is 58.8 Å². The number of aliphatic carboxylic acids is 1. The molecule has 2 fully saturated rings. The maximum absolute atomic E-state index is 11.5. The fraction of sp³-hybridized carbons (Fsp3) is 0.812. The fourth-order valence-corrected chi connectivity index (χ4v) is 3.89. The lowest BCUT2D eigenvalue weighted by molar-refractivity contribution is -0.150. The van der Waals surface area contributed by atoms with Crippen molar-refractivity contribution < 1.29 is 14.4 Å². The highest BCUT2D eigenvalue weighted by Gasteiger charge is 2.43. The first-order valence-corrected chi connectivity index (χ1v) is 7.96. The molecule has 2 aliphatic carbocycles. The van der Waals surface area contributed by atoms with E-state index < -0.39 is 11.4 Å². The van der Waals surface area contributed by atoms with Crippen LogP contribution in [-0.4, -0.2) is 21.2 Å². The molecule has 1 aromatic heterocycles. The zero-order valence-electron chi connectivity index (χ0n) is 13.0. The Labute approximate surface area is 125 Å². The number of nitrogens with zero attached hydrogens (tertiary/aromatic N) is 2. The van der Waals surface area contributed by atoms with Crippen LogP contribution in [-0.2, 0) is 11.2 Å². The predicted molar refractivity (Wildman–Crippen MR) is 76.8 cm³/mol. The van der Waals surface area contributed by atoms with Crippen molar-refractivity contribution in [1.29, 1.82) is 0 Å². The van der Waals surface area contributed by atoms with Crippen molar-refractivity contribution >= 4 is 5.97 Å². The van der Waals surface area contributed by atoms with Crippen molar-refractivity contribution in [1.82, 2.24) is 10.1 Å². The minimum atomic E-state index is -0.863. The van der Waals surface area contributed by atoms with Crippen molar-refractivity contribution in [3.63, 3.8) is 0 Å². The molecular weight excluding hydrogens is 268 g/mol. The largest absolute Gasteiger partial charge is 0.481 e. The summed E-state index contributed by atoms with van der Waals surface area (Å²) in [6, 6.07) is 0. The second kappa shape index (κ2) is 5.11. The lowest BCUT2D eigenvalue weighted by atomic mass is 9.76. The zero-order chi connectivity index (χ0) is 15.2. The minimum Gasteiger partial charge on any atom is -0.481 e. The highest BCUT2D eigenvalue weighted by molar-refractivity contribution is 5.74. The SMILES string of the molecule is CC(C)C(C)(Cc1nc(C2CC3CCC2C3)no1)C(=O)O. The molecule has 1 heterocycles. The molecule has 4 atom stereocenters. The van der Waals surface area contributed by atoms with Gasteiger partial charge >= 0.3 is 5.97 Å². The monoisotopic (exact) mass is 292 g/mol. The fourth-order valence-electron chi connectivity index (χ4n) is 3.89. The molecule has 5 heteroatoms. The summed E-state index contributed by atoms with van der Waals surface area (Å²) < 4.78 is 5.36. The van der Waals surface area contributed by atoms with Crippen LogP contribution in [0.3, 0.4) is 0 Å². The van der Waals surface area contributed by atoms with Crippen LogP contribution in [0.4, 0.5) is 0 Å². The number of hydrogen-bond acceptors (Lipinski definition) is 4. The van der Waals surface area contributed by atoms with Gasteiger partial charge in [0, 0.05) is 12.3 Å². The summed E-state index contributed by atoms with van der Waals surface area (Å²) in [5.41, 5.74) is -0.863. The Hall–Kier alpha value is -1.39. The predicted octanol–water partition coefficient (Wildman–Crippen LogP) is 3.26. The third kappa shape index (κ3) is 2.47. The number of carbonyl (C=O) groups is 1. The van der Waals surface area contributed by atoms with E-state index in [2.05, 4.69) is 10.1 Å². The molecule has 116 valence electrons. The molecule has 0 aromatic carbocycles. The van der Waals surface area contributed by atoms with Crippen LogP contribution in [0.5, 0.6) is 0 Å². The van der Waals surface area contributed by atoms with Gasteiger partial charge in [0.15, 0.2) is 5.82 Å². The second-order valence-corrected chi connectivity index (χ2v) is 7.38. The van der Waals surface area contributed by atoms with Crippen LogP contribution in [0.25, 0.3) is 0 Å². The average Bonchev–Trinajstić information content (AvgIpc) is 3.13. The molecule has 2 bridgehead atoms. The van der Waals surface area contributed by atoms with E-state index in [-0.39, 0.29) is 5.92 Å². The summed E-state index contributed by atoms with van der Waals surface area (Å²) in [5.74, 6) is 2.43. The number of carboxylic acids is 1. The summed E-state index contributed by atoms with van der Waals surface area (Å²) in [7, 11) is 0. The Morgan fingerprint density at radius 2 is 2.19 bits per heavy atom. The smallest absolute Gasteiger partial charge is 0.310 e. The molecule has 3 rings (SSSR count). The molecule has 2 aliphatic rings. The lowest BCUT2D eigenvalue weighted by Crippen LogP contribution is -2.35. The Morgan fingerprint density at radius 1 is 1.43 bits per heavy atom. The van der Waals surface area contributed by atoms with E-state index in [1.165, 1.54) is 25.7 Å². The molecule has 1 aromatic rings. The van der Waals surface area contributed by atoms with E-state index in [9.17, 15) is 9.90 Å². The van der Waals surface area contributed by atoms with Crippen LogP contribution in [0, 0.1) is 23.2 Å². The Balaban J connectivity index is 1.75. The van der Waals surface area contributed by atoms with Gasteiger partial charge in [-0.15, -0.1) is 0 Å². The van der Waals surface area contributed by atoms with Gasteiger partial charge in [0.2, 0.25) is 5.89 Å². The van der Waals surface area contributed by atoms with E-state index >= 15 is 0 Å². The third-order valence-corrected chi connectivity index (χ3v) is 5.83. The van der Waals surface area contributed by atoms with Gasteiger partial charge < -0.3 is 9.63 Å². The molecule has 0 amide bonds.